The molecule has 7 heteroatoms. The molecule has 2 aromatic rings. The topological polar surface area (TPSA) is 64.4 Å². The first kappa shape index (κ1) is 15.2. The average Bonchev–Trinajstić information content (AvgIpc) is 2.45. The highest BCUT2D eigenvalue weighted by atomic mass is 79.9. The van der Waals surface area contributed by atoms with Gasteiger partial charge in [-0.1, -0.05) is 6.07 Å². The maximum absolute atomic E-state index is 13.5. The van der Waals surface area contributed by atoms with Crippen LogP contribution < -0.4 is 10.1 Å². The largest absolute Gasteiger partial charge is 0.494 e. The molecule has 0 unspecified atom stereocenters. The van der Waals surface area contributed by atoms with Crippen LogP contribution in [0.25, 0.3) is 0 Å². The number of nitro benzene ring substituents is 1. The normalized spacial score (nSPS) is 10.2. The van der Waals surface area contributed by atoms with E-state index in [1.807, 2.05) is 0 Å². The predicted molar refractivity (Wildman–Crippen MR) is 81.1 cm³/mol. The van der Waals surface area contributed by atoms with E-state index in [-0.39, 0.29) is 11.4 Å². The van der Waals surface area contributed by atoms with E-state index in [0.29, 0.717) is 16.7 Å². The number of methoxy groups -OCH3 is 1. The molecule has 0 radical (unpaired) electrons. The van der Waals surface area contributed by atoms with Crippen molar-refractivity contribution >= 4 is 27.3 Å². The fourth-order valence-corrected chi connectivity index (χ4v) is 2.31. The summed E-state index contributed by atoms with van der Waals surface area (Å²) in [6.07, 6.45) is 0. The lowest BCUT2D eigenvalue weighted by atomic mass is 10.2. The van der Waals surface area contributed by atoms with Gasteiger partial charge in [-0.15, -0.1) is 0 Å². The monoisotopic (exact) mass is 354 g/mol. The zero-order valence-electron chi connectivity index (χ0n) is 11.1. The number of anilines is 1. The summed E-state index contributed by atoms with van der Waals surface area (Å²) in [7, 11) is 1.41. The van der Waals surface area contributed by atoms with Gasteiger partial charge < -0.3 is 10.1 Å². The van der Waals surface area contributed by atoms with E-state index in [1.54, 1.807) is 24.3 Å². The fourth-order valence-electron chi connectivity index (χ4n) is 1.79. The number of nitrogens with one attached hydrogen (secondary N) is 1. The number of hydrogen-bond acceptors (Lipinski definition) is 4. The molecule has 0 spiro atoms. The molecule has 0 amide bonds. The van der Waals surface area contributed by atoms with Crippen LogP contribution in [0.2, 0.25) is 0 Å². The van der Waals surface area contributed by atoms with Crippen LogP contribution in [0, 0.1) is 15.9 Å². The molecule has 2 rings (SSSR count). The van der Waals surface area contributed by atoms with Crippen LogP contribution in [-0.4, -0.2) is 12.0 Å². The third-order valence-corrected chi connectivity index (χ3v) is 3.49. The van der Waals surface area contributed by atoms with Crippen molar-refractivity contribution in [3.63, 3.8) is 0 Å². The Bertz CT molecular complexity index is 679. The van der Waals surface area contributed by atoms with Crippen LogP contribution in [0.15, 0.2) is 40.9 Å². The molecule has 110 valence electrons. The molecule has 21 heavy (non-hydrogen) atoms. The van der Waals surface area contributed by atoms with Crippen LogP contribution in [0.1, 0.15) is 5.56 Å². The number of hydrogen-bond donors (Lipinski definition) is 1. The number of benzene rings is 2. The highest BCUT2D eigenvalue weighted by Crippen LogP contribution is 2.28. The summed E-state index contributed by atoms with van der Waals surface area (Å²) in [5, 5.41) is 13.8. The molecule has 0 fully saturated rings. The minimum Gasteiger partial charge on any atom is -0.494 e. The van der Waals surface area contributed by atoms with E-state index < -0.39 is 10.7 Å². The molecule has 0 saturated heterocycles. The molecule has 1 N–H and O–H groups in total. The van der Waals surface area contributed by atoms with E-state index in [2.05, 4.69) is 21.2 Å². The number of ether oxygens (including phenoxy) is 1. The third-order valence-electron chi connectivity index (χ3n) is 2.86. The van der Waals surface area contributed by atoms with Gasteiger partial charge in [0.25, 0.3) is 5.69 Å². The first-order chi connectivity index (χ1) is 10.0. The SMILES string of the molecule is COc1ccc(CNc2ccc([N+](=O)[O-])c(Br)c2)cc1F. The van der Waals surface area contributed by atoms with Crippen molar-refractivity contribution in [2.45, 2.75) is 6.54 Å². The summed E-state index contributed by atoms with van der Waals surface area (Å²) in [5.41, 5.74) is 1.43. The predicted octanol–water partition coefficient (Wildman–Crippen LogP) is 4.12. The van der Waals surface area contributed by atoms with Gasteiger partial charge in [-0.05, 0) is 45.8 Å². The number of nitro groups is 1. The van der Waals surface area contributed by atoms with E-state index in [0.717, 1.165) is 5.56 Å². The average molecular weight is 355 g/mol. The van der Waals surface area contributed by atoms with Gasteiger partial charge in [0.15, 0.2) is 11.6 Å². The molecule has 0 aliphatic carbocycles. The van der Waals surface area contributed by atoms with E-state index >= 15 is 0 Å². The van der Waals surface area contributed by atoms with Crippen molar-refractivity contribution in [3.05, 3.63) is 62.4 Å². The molecular weight excluding hydrogens is 343 g/mol. The zero-order chi connectivity index (χ0) is 15.4. The molecule has 5 nitrogen and oxygen atoms in total. The molecule has 0 aromatic heterocycles. The van der Waals surface area contributed by atoms with E-state index in [9.17, 15) is 14.5 Å². The lowest BCUT2D eigenvalue weighted by Crippen LogP contribution is -2.01. The van der Waals surface area contributed by atoms with Crippen molar-refractivity contribution in [1.82, 2.24) is 0 Å². The molecule has 0 aliphatic heterocycles. The van der Waals surface area contributed by atoms with Gasteiger partial charge in [0, 0.05) is 18.3 Å². The minimum absolute atomic E-state index is 0.00366. The summed E-state index contributed by atoms with van der Waals surface area (Å²) in [4.78, 5) is 10.2. The summed E-state index contributed by atoms with van der Waals surface area (Å²) in [6.45, 7) is 0.394. The number of rotatable bonds is 5. The van der Waals surface area contributed by atoms with Crippen LogP contribution in [0.5, 0.6) is 5.75 Å². The summed E-state index contributed by atoms with van der Waals surface area (Å²) in [5.74, 6) is -0.237. The van der Waals surface area contributed by atoms with Gasteiger partial charge in [-0.3, -0.25) is 10.1 Å². The Morgan fingerprint density at radius 3 is 2.67 bits per heavy atom. The Morgan fingerprint density at radius 1 is 1.33 bits per heavy atom. The lowest BCUT2D eigenvalue weighted by molar-refractivity contribution is -0.385. The number of nitrogens with zero attached hydrogens (tertiary/aromatic N) is 1. The van der Waals surface area contributed by atoms with Gasteiger partial charge in [-0.2, -0.15) is 0 Å². The quantitative estimate of drug-likeness (QED) is 0.647. The second kappa shape index (κ2) is 6.53. The van der Waals surface area contributed by atoms with Crippen LogP contribution in [-0.2, 0) is 6.54 Å². The van der Waals surface area contributed by atoms with Gasteiger partial charge in [0.1, 0.15) is 0 Å². The summed E-state index contributed by atoms with van der Waals surface area (Å²) >= 11 is 3.15. The Kier molecular flexibility index (Phi) is 4.74. The van der Waals surface area contributed by atoms with Crippen LogP contribution in [0.4, 0.5) is 15.8 Å². The molecule has 2 aromatic carbocycles. The second-order valence-electron chi connectivity index (χ2n) is 4.25. The molecule has 0 aliphatic rings. The van der Waals surface area contributed by atoms with Crippen molar-refractivity contribution in [3.8, 4) is 5.75 Å². The van der Waals surface area contributed by atoms with Gasteiger partial charge in [0.05, 0.1) is 16.5 Å². The Hall–Kier alpha value is -2.15. The highest BCUT2D eigenvalue weighted by molar-refractivity contribution is 9.10. The van der Waals surface area contributed by atoms with Crippen LogP contribution in [0.3, 0.4) is 0 Å². The lowest BCUT2D eigenvalue weighted by Gasteiger charge is -2.08. The molecule has 0 heterocycles. The first-order valence-electron chi connectivity index (χ1n) is 6.01. The molecule has 0 bridgehead atoms. The third kappa shape index (κ3) is 3.69. The summed E-state index contributed by atoms with van der Waals surface area (Å²) in [6, 6.07) is 9.29. The summed E-state index contributed by atoms with van der Waals surface area (Å²) < 4.78 is 18.8. The van der Waals surface area contributed by atoms with Crippen molar-refractivity contribution in [1.29, 1.82) is 0 Å². The smallest absolute Gasteiger partial charge is 0.283 e. The minimum atomic E-state index is -0.466. The molecule has 0 saturated carbocycles. The van der Waals surface area contributed by atoms with Gasteiger partial charge in [0.2, 0.25) is 0 Å². The maximum atomic E-state index is 13.5. The van der Waals surface area contributed by atoms with Crippen molar-refractivity contribution in [2.24, 2.45) is 0 Å². The maximum Gasteiger partial charge on any atom is 0.283 e. The van der Waals surface area contributed by atoms with Crippen LogP contribution >= 0.6 is 15.9 Å². The fraction of sp³-hybridized carbons (Fsp3) is 0.143. The van der Waals surface area contributed by atoms with Gasteiger partial charge in [-0.25, -0.2) is 4.39 Å². The first-order valence-corrected chi connectivity index (χ1v) is 6.81. The highest BCUT2D eigenvalue weighted by Gasteiger charge is 2.11. The standard InChI is InChI=1S/C14H12BrFN2O3/c1-21-14-5-2-9(6-12(14)16)8-17-10-3-4-13(18(19)20)11(15)7-10/h2-7,17H,8H2,1H3. The Morgan fingerprint density at radius 2 is 2.10 bits per heavy atom. The van der Waals surface area contributed by atoms with E-state index in [4.69, 9.17) is 4.74 Å². The molecule has 0 atom stereocenters. The number of halogens is 2. The van der Waals surface area contributed by atoms with Crippen molar-refractivity contribution in [2.75, 3.05) is 12.4 Å². The Labute approximate surface area is 129 Å². The zero-order valence-corrected chi connectivity index (χ0v) is 12.7. The van der Waals surface area contributed by atoms with Crippen molar-refractivity contribution < 1.29 is 14.1 Å². The Balaban J connectivity index is 2.08. The second-order valence-corrected chi connectivity index (χ2v) is 5.10. The van der Waals surface area contributed by atoms with E-state index in [1.165, 1.54) is 19.2 Å². The molecular formula is C14H12BrFN2O3. The van der Waals surface area contributed by atoms with Gasteiger partial charge >= 0.3 is 0 Å².